The second-order valence-corrected chi connectivity index (χ2v) is 7.27. The Morgan fingerprint density at radius 3 is 2.87 bits per heavy atom. The van der Waals surface area contributed by atoms with Crippen molar-refractivity contribution >= 4 is 24.1 Å². The normalized spacial score (nSPS) is 12.8. The maximum Gasteiger partial charge on any atom is 0.260 e. The fourth-order valence-corrected chi connectivity index (χ4v) is 3.47. The zero-order valence-electron chi connectivity index (χ0n) is 17.2. The third-order valence-corrected chi connectivity index (χ3v) is 5.00. The highest BCUT2D eigenvalue weighted by molar-refractivity contribution is 6.06. The Morgan fingerprint density at radius 2 is 2.10 bits per heavy atom. The molecule has 2 N–H and O–H groups in total. The van der Waals surface area contributed by atoms with Crippen LogP contribution in [-0.2, 0) is 13.0 Å². The van der Waals surface area contributed by atoms with Gasteiger partial charge >= 0.3 is 0 Å². The molecular formula is C21H25ClN6O2. The molecule has 0 unspecified atom stereocenters. The number of hydrogen-bond acceptors (Lipinski definition) is 6. The molecule has 9 heteroatoms. The number of nitrogens with zero attached hydrogens (tertiary/aromatic N) is 4. The van der Waals surface area contributed by atoms with Crippen molar-refractivity contribution in [3.63, 3.8) is 0 Å². The van der Waals surface area contributed by atoms with Gasteiger partial charge in [-0.3, -0.25) is 4.79 Å². The summed E-state index contributed by atoms with van der Waals surface area (Å²) in [4.78, 5) is 17.5. The first kappa shape index (κ1) is 21.7. The lowest BCUT2D eigenvalue weighted by atomic mass is 9.97. The lowest BCUT2D eigenvalue weighted by Crippen LogP contribution is -2.24. The molecule has 4 rings (SSSR count). The maximum atomic E-state index is 13.0. The van der Waals surface area contributed by atoms with Gasteiger partial charge in [0.1, 0.15) is 23.6 Å². The molecule has 0 aliphatic carbocycles. The summed E-state index contributed by atoms with van der Waals surface area (Å²) in [6.45, 7) is 5.78. The number of benzene rings is 1. The van der Waals surface area contributed by atoms with E-state index in [2.05, 4.69) is 39.7 Å². The number of carbonyl (C=O) groups excluding carboxylic acids is 1. The van der Waals surface area contributed by atoms with Crippen LogP contribution in [0.1, 0.15) is 41.4 Å². The van der Waals surface area contributed by atoms with Gasteiger partial charge in [-0.1, -0.05) is 6.07 Å². The summed E-state index contributed by atoms with van der Waals surface area (Å²) in [7, 11) is 1.58. The van der Waals surface area contributed by atoms with E-state index in [1.807, 2.05) is 28.8 Å². The number of anilines is 1. The highest BCUT2D eigenvalue weighted by atomic mass is 35.5. The van der Waals surface area contributed by atoms with Crippen LogP contribution >= 0.6 is 12.4 Å². The van der Waals surface area contributed by atoms with Gasteiger partial charge < -0.3 is 19.9 Å². The number of aromatic nitrogens is 4. The van der Waals surface area contributed by atoms with Gasteiger partial charge in [0.2, 0.25) is 0 Å². The Labute approximate surface area is 181 Å². The van der Waals surface area contributed by atoms with E-state index < -0.39 is 0 Å². The highest BCUT2D eigenvalue weighted by Gasteiger charge is 2.19. The van der Waals surface area contributed by atoms with Crippen molar-refractivity contribution in [3.05, 3.63) is 53.3 Å². The predicted molar refractivity (Wildman–Crippen MR) is 117 cm³/mol. The maximum absolute atomic E-state index is 13.0. The van der Waals surface area contributed by atoms with Crippen LogP contribution in [0.3, 0.4) is 0 Å². The molecule has 0 saturated heterocycles. The SMILES string of the molecule is COc1cc2c(cc1C(=O)Nc1cccc(-c3nncn3C(C)C)n1)CNCC2.Cl. The van der Waals surface area contributed by atoms with Crippen molar-refractivity contribution in [2.24, 2.45) is 0 Å². The Kier molecular flexibility index (Phi) is 6.69. The number of fused-ring (bicyclic) bond motifs is 1. The molecular weight excluding hydrogens is 404 g/mol. The van der Waals surface area contributed by atoms with E-state index in [-0.39, 0.29) is 24.4 Å². The summed E-state index contributed by atoms with van der Waals surface area (Å²) in [6.07, 6.45) is 2.60. The zero-order chi connectivity index (χ0) is 20.4. The third kappa shape index (κ3) is 4.29. The largest absolute Gasteiger partial charge is 0.496 e. The van der Waals surface area contributed by atoms with Crippen LogP contribution in [0.15, 0.2) is 36.7 Å². The molecule has 1 aliphatic heterocycles. The standard InChI is InChI=1S/C21H24N6O2.ClH/c1-13(2)27-12-23-26-20(27)17-5-4-6-19(24-17)25-21(28)16-9-15-11-22-8-7-14(15)10-18(16)29-3;/h4-6,9-10,12-13,22H,7-8,11H2,1-3H3,(H,24,25,28);1H. The molecule has 0 radical (unpaired) electrons. The fraction of sp³-hybridized carbons (Fsp3) is 0.333. The van der Waals surface area contributed by atoms with E-state index in [1.165, 1.54) is 5.56 Å². The number of methoxy groups -OCH3 is 1. The smallest absolute Gasteiger partial charge is 0.260 e. The first-order valence-corrected chi connectivity index (χ1v) is 9.65. The van der Waals surface area contributed by atoms with E-state index in [0.717, 1.165) is 25.1 Å². The van der Waals surface area contributed by atoms with Gasteiger partial charge in [-0.25, -0.2) is 4.98 Å². The summed E-state index contributed by atoms with van der Waals surface area (Å²) in [5, 5.41) is 14.4. The van der Waals surface area contributed by atoms with E-state index in [0.29, 0.717) is 28.6 Å². The Bertz CT molecular complexity index is 1050. The molecule has 8 nitrogen and oxygen atoms in total. The van der Waals surface area contributed by atoms with Crippen LogP contribution in [0.2, 0.25) is 0 Å². The van der Waals surface area contributed by atoms with E-state index in [1.54, 1.807) is 19.5 Å². The summed E-state index contributed by atoms with van der Waals surface area (Å²) in [5.74, 6) is 1.42. The van der Waals surface area contributed by atoms with Crippen molar-refractivity contribution in [1.29, 1.82) is 0 Å². The van der Waals surface area contributed by atoms with Crippen LogP contribution in [0.5, 0.6) is 5.75 Å². The monoisotopic (exact) mass is 428 g/mol. The van der Waals surface area contributed by atoms with Crippen LogP contribution in [0, 0.1) is 0 Å². The number of pyridine rings is 1. The van der Waals surface area contributed by atoms with Crippen LogP contribution < -0.4 is 15.4 Å². The first-order chi connectivity index (χ1) is 14.1. The van der Waals surface area contributed by atoms with Gasteiger partial charge in [0, 0.05) is 12.6 Å². The molecule has 2 aromatic heterocycles. The van der Waals surface area contributed by atoms with Crippen molar-refractivity contribution in [2.45, 2.75) is 32.9 Å². The topological polar surface area (TPSA) is 94.0 Å². The first-order valence-electron chi connectivity index (χ1n) is 9.65. The summed E-state index contributed by atoms with van der Waals surface area (Å²) in [5.41, 5.74) is 3.47. The van der Waals surface area contributed by atoms with Gasteiger partial charge in [0.15, 0.2) is 5.82 Å². The minimum atomic E-state index is -0.259. The highest BCUT2D eigenvalue weighted by Crippen LogP contribution is 2.27. The molecule has 158 valence electrons. The second kappa shape index (κ2) is 9.23. The number of carbonyl (C=O) groups is 1. The fourth-order valence-electron chi connectivity index (χ4n) is 3.47. The van der Waals surface area contributed by atoms with Gasteiger partial charge in [0.05, 0.1) is 12.7 Å². The van der Waals surface area contributed by atoms with Crippen LogP contribution in [-0.4, -0.2) is 39.3 Å². The summed E-state index contributed by atoms with van der Waals surface area (Å²) in [6, 6.07) is 9.50. The molecule has 0 fully saturated rings. The van der Waals surface area contributed by atoms with Gasteiger partial charge in [0.25, 0.3) is 5.91 Å². The van der Waals surface area contributed by atoms with E-state index in [9.17, 15) is 4.79 Å². The number of ether oxygens (including phenoxy) is 1. The Hall–Kier alpha value is -2.97. The quantitative estimate of drug-likeness (QED) is 0.647. The van der Waals surface area contributed by atoms with Crippen LogP contribution in [0.4, 0.5) is 5.82 Å². The number of amides is 1. The van der Waals surface area contributed by atoms with Gasteiger partial charge in [-0.2, -0.15) is 0 Å². The number of hydrogen-bond donors (Lipinski definition) is 2. The molecule has 3 aromatic rings. The molecule has 30 heavy (non-hydrogen) atoms. The molecule has 0 bridgehead atoms. The lowest BCUT2D eigenvalue weighted by molar-refractivity contribution is 0.102. The second-order valence-electron chi connectivity index (χ2n) is 7.27. The molecule has 3 heterocycles. The molecule has 0 spiro atoms. The van der Waals surface area contributed by atoms with Crippen LogP contribution in [0.25, 0.3) is 11.5 Å². The number of rotatable bonds is 5. The lowest BCUT2D eigenvalue weighted by Gasteiger charge is -2.20. The summed E-state index contributed by atoms with van der Waals surface area (Å²) < 4.78 is 7.41. The molecule has 1 amide bonds. The minimum Gasteiger partial charge on any atom is -0.496 e. The zero-order valence-corrected chi connectivity index (χ0v) is 18.0. The molecule has 0 saturated carbocycles. The van der Waals surface area contributed by atoms with Crippen molar-refractivity contribution in [1.82, 2.24) is 25.1 Å². The average Bonchev–Trinajstić information content (AvgIpc) is 3.23. The van der Waals surface area contributed by atoms with E-state index >= 15 is 0 Å². The predicted octanol–water partition coefficient (Wildman–Crippen LogP) is 3.25. The molecule has 1 aromatic carbocycles. The molecule has 0 atom stereocenters. The average molecular weight is 429 g/mol. The van der Waals surface area contributed by atoms with Crippen molar-refractivity contribution in [3.8, 4) is 17.3 Å². The Morgan fingerprint density at radius 1 is 1.27 bits per heavy atom. The van der Waals surface area contributed by atoms with Crippen molar-refractivity contribution in [2.75, 3.05) is 19.0 Å². The summed E-state index contributed by atoms with van der Waals surface area (Å²) >= 11 is 0. The van der Waals surface area contributed by atoms with Gasteiger partial charge in [-0.15, -0.1) is 22.6 Å². The minimum absolute atomic E-state index is 0. The number of halogens is 1. The Balaban J connectivity index is 0.00000256. The van der Waals surface area contributed by atoms with Gasteiger partial charge in [-0.05, 0) is 62.2 Å². The third-order valence-electron chi connectivity index (χ3n) is 5.00. The van der Waals surface area contributed by atoms with Crippen molar-refractivity contribution < 1.29 is 9.53 Å². The molecule has 1 aliphatic rings. The number of nitrogens with one attached hydrogen (secondary N) is 2. The van der Waals surface area contributed by atoms with E-state index in [4.69, 9.17) is 4.74 Å².